The van der Waals surface area contributed by atoms with E-state index >= 15 is 0 Å². The first-order chi connectivity index (χ1) is 8.10. The summed E-state index contributed by atoms with van der Waals surface area (Å²) in [7, 11) is 0. The molecule has 92 valence electrons. The fraction of sp³-hybridized carbons (Fsp3) is 0.182. The molecule has 3 nitrogen and oxygen atoms in total. The van der Waals surface area contributed by atoms with E-state index < -0.39 is 5.82 Å². The van der Waals surface area contributed by atoms with Gasteiger partial charge >= 0.3 is 0 Å². The third-order valence-electron chi connectivity index (χ3n) is 2.10. The Morgan fingerprint density at radius 1 is 1.65 bits per heavy atom. The lowest BCUT2D eigenvalue weighted by molar-refractivity contribution is -0.116. The second-order valence-corrected chi connectivity index (χ2v) is 4.24. The highest BCUT2D eigenvalue weighted by Gasteiger charge is 2.11. The molecule has 1 amide bonds. The highest BCUT2D eigenvalue weighted by atomic mass is 35.5. The third kappa shape index (κ3) is 3.73. The normalized spacial score (nSPS) is 11.4. The minimum atomic E-state index is -0.444. The summed E-state index contributed by atoms with van der Waals surface area (Å²) >= 11 is 6.67. The van der Waals surface area contributed by atoms with E-state index in [0.717, 1.165) is 11.9 Å². The van der Waals surface area contributed by atoms with Gasteiger partial charge in [-0.25, -0.2) is 4.39 Å². The molecule has 0 radical (unpaired) electrons. The van der Waals surface area contributed by atoms with E-state index in [1.807, 2.05) is 0 Å². The minimum absolute atomic E-state index is 0.0300. The zero-order chi connectivity index (χ0) is 12.8. The maximum atomic E-state index is 13.4. The number of amides is 1. The first kappa shape index (κ1) is 14.0. The second-order valence-electron chi connectivity index (χ2n) is 3.15. The summed E-state index contributed by atoms with van der Waals surface area (Å²) in [5, 5.41) is 8.14. The monoisotopic (exact) mass is 274 g/mol. The zero-order valence-corrected chi connectivity index (χ0v) is 10.7. The molecular formula is C11H12ClFN2OS. The van der Waals surface area contributed by atoms with Crippen molar-refractivity contribution in [2.24, 2.45) is 5.14 Å². The molecule has 0 saturated carbocycles. The Labute approximate surface area is 108 Å². The van der Waals surface area contributed by atoms with Crippen LogP contribution in [0.1, 0.15) is 12.5 Å². The largest absolute Gasteiger partial charge is 0.347 e. The van der Waals surface area contributed by atoms with Crippen LogP contribution in [0.4, 0.5) is 4.39 Å². The van der Waals surface area contributed by atoms with Crippen LogP contribution >= 0.6 is 23.5 Å². The quantitative estimate of drug-likeness (QED) is 0.655. The summed E-state index contributed by atoms with van der Waals surface area (Å²) in [4.78, 5) is 11.9. The number of halogens is 2. The predicted octanol–water partition coefficient (Wildman–Crippen LogP) is 2.61. The van der Waals surface area contributed by atoms with Crippen LogP contribution in [0.2, 0.25) is 5.02 Å². The van der Waals surface area contributed by atoms with Gasteiger partial charge in [0.15, 0.2) is 0 Å². The summed E-state index contributed by atoms with van der Waals surface area (Å²) in [5.74, 6) is -0.792. The van der Waals surface area contributed by atoms with Crippen LogP contribution in [0, 0.1) is 5.82 Å². The molecule has 6 heteroatoms. The van der Waals surface area contributed by atoms with Gasteiger partial charge in [-0.3, -0.25) is 9.93 Å². The number of benzene rings is 1. The zero-order valence-electron chi connectivity index (χ0n) is 9.17. The first-order valence-corrected chi connectivity index (χ1v) is 6.10. The van der Waals surface area contributed by atoms with Gasteiger partial charge in [0.25, 0.3) is 5.91 Å². The number of nitrogens with two attached hydrogens (primary N) is 1. The molecule has 0 aliphatic carbocycles. The van der Waals surface area contributed by atoms with Crippen molar-refractivity contribution in [1.82, 2.24) is 5.32 Å². The van der Waals surface area contributed by atoms with Crippen LogP contribution in [0.5, 0.6) is 0 Å². The molecule has 0 fully saturated rings. The van der Waals surface area contributed by atoms with Crippen molar-refractivity contribution < 1.29 is 9.18 Å². The molecule has 0 aliphatic heterocycles. The predicted molar refractivity (Wildman–Crippen MR) is 68.8 cm³/mol. The number of hydrogen-bond acceptors (Lipinski definition) is 3. The smallest absolute Gasteiger partial charge is 0.258 e. The van der Waals surface area contributed by atoms with Crippen LogP contribution in [0.25, 0.3) is 0 Å². The fourth-order valence-electron chi connectivity index (χ4n) is 1.21. The molecule has 0 heterocycles. The summed E-state index contributed by atoms with van der Waals surface area (Å²) in [5.41, 5.74) is 0.264. The molecule has 1 aromatic carbocycles. The highest BCUT2D eigenvalue weighted by molar-refractivity contribution is 8.01. The lowest BCUT2D eigenvalue weighted by Gasteiger charge is -2.08. The Morgan fingerprint density at radius 2 is 2.35 bits per heavy atom. The Balaban J connectivity index is 2.71. The molecular weight excluding hydrogens is 263 g/mol. The van der Waals surface area contributed by atoms with Crippen molar-refractivity contribution in [2.45, 2.75) is 13.5 Å². The van der Waals surface area contributed by atoms with Gasteiger partial charge in [0.05, 0.1) is 4.91 Å². The van der Waals surface area contributed by atoms with E-state index in [9.17, 15) is 9.18 Å². The maximum absolute atomic E-state index is 13.4. The van der Waals surface area contributed by atoms with E-state index in [2.05, 4.69) is 5.32 Å². The van der Waals surface area contributed by atoms with Gasteiger partial charge in [0.1, 0.15) is 5.82 Å². The minimum Gasteiger partial charge on any atom is -0.347 e. The summed E-state index contributed by atoms with van der Waals surface area (Å²) in [6.45, 7) is 1.73. The fourth-order valence-corrected chi connectivity index (χ4v) is 1.75. The lowest BCUT2D eigenvalue weighted by atomic mass is 10.2. The Kier molecular flexibility index (Phi) is 5.47. The average molecular weight is 275 g/mol. The Hall–Kier alpha value is -1.04. The van der Waals surface area contributed by atoms with Gasteiger partial charge in [-0.05, 0) is 31.0 Å². The van der Waals surface area contributed by atoms with E-state index in [1.54, 1.807) is 19.1 Å². The van der Waals surface area contributed by atoms with Crippen LogP contribution < -0.4 is 10.5 Å². The highest BCUT2D eigenvalue weighted by Crippen LogP contribution is 2.18. The van der Waals surface area contributed by atoms with Gasteiger partial charge < -0.3 is 5.32 Å². The number of hydrogen-bond donors (Lipinski definition) is 2. The van der Waals surface area contributed by atoms with Gasteiger partial charge in [0.2, 0.25) is 0 Å². The molecule has 0 saturated heterocycles. The van der Waals surface area contributed by atoms with E-state index in [4.69, 9.17) is 16.7 Å². The molecule has 0 atom stereocenters. The molecule has 1 rings (SSSR count). The van der Waals surface area contributed by atoms with Gasteiger partial charge in [-0.1, -0.05) is 23.7 Å². The first-order valence-electron chi connectivity index (χ1n) is 4.84. The van der Waals surface area contributed by atoms with E-state index in [1.165, 1.54) is 12.1 Å². The maximum Gasteiger partial charge on any atom is 0.258 e. The average Bonchev–Trinajstić information content (AvgIpc) is 2.30. The van der Waals surface area contributed by atoms with Crippen molar-refractivity contribution in [2.75, 3.05) is 0 Å². The summed E-state index contributed by atoms with van der Waals surface area (Å²) < 4.78 is 13.4. The van der Waals surface area contributed by atoms with Gasteiger partial charge in [0, 0.05) is 17.1 Å². The summed E-state index contributed by atoms with van der Waals surface area (Å²) in [6.07, 6.45) is 1.59. The van der Waals surface area contributed by atoms with Crippen molar-refractivity contribution in [1.29, 1.82) is 0 Å². The van der Waals surface area contributed by atoms with Crippen molar-refractivity contribution in [3.8, 4) is 0 Å². The molecule has 0 bridgehead atoms. The third-order valence-corrected chi connectivity index (χ3v) is 3.13. The van der Waals surface area contributed by atoms with Crippen LogP contribution in [0.3, 0.4) is 0 Å². The molecule has 0 spiro atoms. The summed E-state index contributed by atoms with van der Waals surface area (Å²) in [6, 6.07) is 4.37. The standard InChI is InChI=1S/C11H12ClFN2OS/c1-2-10(17-14)11(16)15-6-7-8(12)4-3-5-9(7)13/h2-5H,6,14H2,1H3,(H,15,16)/b10-2+. The van der Waals surface area contributed by atoms with E-state index in [0.29, 0.717) is 4.91 Å². The van der Waals surface area contributed by atoms with Gasteiger partial charge in [-0.2, -0.15) is 0 Å². The molecule has 17 heavy (non-hydrogen) atoms. The van der Waals surface area contributed by atoms with Crippen LogP contribution in [-0.4, -0.2) is 5.91 Å². The number of allylic oxidation sites excluding steroid dienone is 1. The number of carbonyl (C=O) groups is 1. The number of carbonyl (C=O) groups excluding carboxylic acids is 1. The molecule has 1 aromatic rings. The van der Waals surface area contributed by atoms with Gasteiger partial charge in [-0.15, -0.1) is 0 Å². The Bertz CT molecular complexity index is 431. The number of nitrogens with one attached hydrogen (secondary N) is 1. The van der Waals surface area contributed by atoms with Crippen molar-refractivity contribution >= 4 is 29.5 Å². The van der Waals surface area contributed by atoms with E-state index in [-0.39, 0.29) is 23.0 Å². The topological polar surface area (TPSA) is 55.1 Å². The molecule has 0 aliphatic rings. The number of rotatable bonds is 4. The molecule has 0 aromatic heterocycles. The lowest BCUT2D eigenvalue weighted by Crippen LogP contribution is -2.24. The van der Waals surface area contributed by atoms with Crippen LogP contribution in [-0.2, 0) is 11.3 Å². The van der Waals surface area contributed by atoms with Crippen LogP contribution in [0.15, 0.2) is 29.2 Å². The van der Waals surface area contributed by atoms with Crippen molar-refractivity contribution in [3.63, 3.8) is 0 Å². The SMILES string of the molecule is C/C=C(/SN)C(=O)NCc1c(F)cccc1Cl. The molecule has 0 unspecified atom stereocenters. The second kappa shape index (κ2) is 6.64. The molecule has 3 N–H and O–H groups in total. The van der Waals surface area contributed by atoms with Crippen molar-refractivity contribution in [3.05, 3.63) is 45.6 Å². The Morgan fingerprint density at radius 3 is 2.88 bits per heavy atom.